The maximum absolute atomic E-state index is 10.1. The van der Waals surface area contributed by atoms with Gasteiger partial charge in [-0.3, -0.25) is 4.79 Å². The lowest BCUT2D eigenvalue weighted by Gasteiger charge is -1.86. The van der Waals surface area contributed by atoms with Crippen LogP contribution in [0.2, 0.25) is 0 Å². The summed E-state index contributed by atoms with van der Waals surface area (Å²) in [5, 5.41) is 0. The molecule has 0 spiro atoms. The monoisotopic (exact) mass is 133 g/mol. The number of carbonyl (C=O) groups excluding carboxylic acids is 1. The van der Waals surface area contributed by atoms with Gasteiger partial charge in [0.1, 0.15) is 6.29 Å². The second-order valence-electron chi connectivity index (χ2n) is 1.84. The smallest absolute Gasteiger partial charge is 0.142 e. The molecular weight excluding hydrogens is 124 g/mol. The fourth-order valence-corrected chi connectivity index (χ4v) is 0.680. The first-order chi connectivity index (χ1) is 5.33. The van der Waals surface area contributed by atoms with Gasteiger partial charge in [0, 0.05) is 0 Å². The van der Waals surface area contributed by atoms with Crippen LogP contribution in [0, 0.1) is 0 Å². The van der Waals surface area contributed by atoms with E-state index in [4.69, 9.17) is 1.37 Å². The molecule has 10 heavy (non-hydrogen) atoms. The molecular formula is C9H8O. The van der Waals surface area contributed by atoms with Crippen molar-refractivity contribution in [2.45, 2.75) is 0 Å². The first-order valence-corrected chi connectivity index (χ1v) is 3.01. The summed E-state index contributed by atoms with van der Waals surface area (Å²) in [6.45, 7) is 0. The van der Waals surface area contributed by atoms with E-state index >= 15 is 0 Å². The van der Waals surface area contributed by atoms with E-state index in [0.29, 0.717) is 6.29 Å². The Kier molecular flexibility index (Phi) is 1.96. The molecule has 0 fully saturated rings. The van der Waals surface area contributed by atoms with Crippen LogP contribution >= 0.6 is 0 Å². The molecule has 1 aromatic carbocycles. The summed E-state index contributed by atoms with van der Waals surface area (Å²) < 4.78 is 7.05. The minimum Gasteiger partial charge on any atom is -0.299 e. The van der Waals surface area contributed by atoms with Gasteiger partial charge in [0.25, 0.3) is 0 Å². The molecule has 0 bridgehead atoms. The van der Waals surface area contributed by atoms with E-state index in [2.05, 4.69) is 0 Å². The van der Waals surface area contributed by atoms with Crippen LogP contribution in [-0.4, -0.2) is 6.29 Å². The molecule has 0 aliphatic carbocycles. The van der Waals surface area contributed by atoms with Crippen LogP contribution < -0.4 is 0 Å². The second-order valence-corrected chi connectivity index (χ2v) is 1.84. The van der Waals surface area contributed by atoms with Gasteiger partial charge in [0.05, 0.1) is 1.37 Å². The van der Waals surface area contributed by atoms with E-state index in [9.17, 15) is 4.79 Å². The highest BCUT2D eigenvalue weighted by Crippen LogP contribution is 1.99. The standard InChI is InChI=1S/C9H8O/c10-8-4-7-9-5-2-1-3-6-9/h1-8H/i4D. The van der Waals surface area contributed by atoms with E-state index in [1.165, 1.54) is 6.08 Å². The van der Waals surface area contributed by atoms with Crippen molar-refractivity contribution in [1.82, 2.24) is 0 Å². The molecule has 0 aliphatic heterocycles. The molecule has 0 unspecified atom stereocenters. The van der Waals surface area contributed by atoms with Gasteiger partial charge >= 0.3 is 0 Å². The Bertz CT molecular complexity index is 264. The number of hydrogen-bond acceptors (Lipinski definition) is 1. The summed E-state index contributed by atoms with van der Waals surface area (Å²) in [4.78, 5) is 10.1. The average Bonchev–Trinajstić information content (AvgIpc) is 2.06. The quantitative estimate of drug-likeness (QED) is 0.445. The van der Waals surface area contributed by atoms with Crippen LogP contribution in [0.4, 0.5) is 0 Å². The summed E-state index contributed by atoms with van der Waals surface area (Å²) in [7, 11) is 0. The third-order valence-corrected chi connectivity index (χ3v) is 1.12. The predicted octanol–water partition coefficient (Wildman–Crippen LogP) is 1.90. The summed E-state index contributed by atoms with van der Waals surface area (Å²) in [6.07, 6.45) is 2.04. The van der Waals surface area contributed by atoms with Crippen molar-refractivity contribution in [2.75, 3.05) is 0 Å². The molecule has 1 nitrogen and oxygen atoms in total. The Morgan fingerprint density at radius 3 is 2.60 bits per heavy atom. The Morgan fingerprint density at radius 2 is 2.00 bits per heavy atom. The summed E-state index contributed by atoms with van der Waals surface area (Å²) in [5.41, 5.74) is 0.879. The number of aldehydes is 1. The molecule has 0 radical (unpaired) electrons. The molecule has 0 aromatic heterocycles. The van der Waals surface area contributed by atoms with Gasteiger partial charge < -0.3 is 0 Å². The Labute approximate surface area is 61.4 Å². The number of benzene rings is 1. The maximum atomic E-state index is 10.1. The molecule has 0 aliphatic rings. The molecule has 0 N–H and O–H groups in total. The van der Waals surface area contributed by atoms with Crippen molar-refractivity contribution in [2.24, 2.45) is 0 Å². The number of rotatable bonds is 2. The normalized spacial score (nSPS) is 12.4. The molecule has 1 aromatic rings. The van der Waals surface area contributed by atoms with Gasteiger partial charge in [-0.2, -0.15) is 0 Å². The third kappa shape index (κ3) is 1.86. The lowest BCUT2D eigenvalue weighted by Crippen LogP contribution is -1.67. The predicted molar refractivity (Wildman–Crippen MR) is 41.5 cm³/mol. The molecule has 0 saturated heterocycles. The second kappa shape index (κ2) is 3.62. The Hall–Kier alpha value is -1.37. The van der Waals surface area contributed by atoms with Crippen molar-refractivity contribution in [3.63, 3.8) is 0 Å². The summed E-state index contributed by atoms with van der Waals surface area (Å²) in [6, 6.07) is 9.31. The fourth-order valence-electron chi connectivity index (χ4n) is 0.680. The minimum absolute atomic E-state index is 0.00352. The van der Waals surface area contributed by atoms with Crippen LogP contribution in [0.15, 0.2) is 36.4 Å². The van der Waals surface area contributed by atoms with E-state index in [1.54, 1.807) is 0 Å². The van der Waals surface area contributed by atoms with E-state index in [0.717, 1.165) is 5.56 Å². The zero-order valence-corrected chi connectivity index (χ0v) is 5.45. The first kappa shape index (κ1) is 5.42. The fraction of sp³-hybridized carbons (Fsp3) is 0. The highest BCUT2D eigenvalue weighted by Gasteiger charge is 1.79. The highest BCUT2D eigenvalue weighted by atomic mass is 16.1. The molecule has 0 amide bonds. The Balaban J connectivity index is 2.87. The van der Waals surface area contributed by atoms with E-state index in [1.807, 2.05) is 30.3 Å². The molecule has 50 valence electrons. The molecule has 0 saturated carbocycles. The number of carbonyl (C=O) groups is 1. The maximum Gasteiger partial charge on any atom is 0.142 e. The van der Waals surface area contributed by atoms with Gasteiger partial charge in [-0.15, -0.1) is 0 Å². The topological polar surface area (TPSA) is 17.1 Å². The highest BCUT2D eigenvalue weighted by molar-refractivity contribution is 5.73. The van der Waals surface area contributed by atoms with Gasteiger partial charge in [-0.25, -0.2) is 0 Å². The number of hydrogen-bond donors (Lipinski definition) is 0. The van der Waals surface area contributed by atoms with Gasteiger partial charge in [-0.1, -0.05) is 36.4 Å². The lowest BCUT2D eigenvalue weighted by molar-refractivity contribution is -0.104. The van der Waals surface area contributed by atoms with Gasteiger partial charge in [-0.05, 0) is 11.6 Å². The van der Waals surface area contributed by atoms with E-state index in [-0.39, 0.29) is 6.05 Å². The SMILES string of the molecule is [2H]C(C=O)=Cc1ccccc1. The average molecular weight is 133 g/mol. The molecule has 1 rings (SSSR count). The number of allylic oxidation sites excluding steroid dienone is 1. The molecule has 1 heteroatoms. The minimum atomic E-state index is -0.00352. The summed E-state index contributed by atoms with van der Waals surface area (Å²) in [5.74, 6) is 0. The van der Waals surface area contributed by atoms with Crippen LogP contribution in [-0.2, 0) is 4.79 Å². The lowest BCUT2D eigenvalue weighted by atomic mass is 10.2. The van der Waals surface area contributed by atoms with Gasteiger partial charge in [0.15, 0.2) is 0 Å². The van der Waals surface area contributed by atoms with Crippen molar-refractivity contribution in [3.8, 4) is 0 Å². The Morgan fingerprint density at radius 1 is 1.30 bits per heavy atom. The molecule has 0 heterocycles. The largest absolute Gasteiger partial charge is 0.299 e. The van der Waals surface area contributed by atoms with Crippen molar-refractivity contribution in [1.29, 1.82) is 0 Å². The van der Waals surface area contributed by atoms with Crippen molar-refractivity contribution in [3.05, 3.63) is 41.9 Å². The van der Waals surface area contributed by atoms with Crippen molar-refractivity contribution >= 4 is 12.4 Å². The van der Waals surface area contributed by atoms with Crippen LogP contribution in [0.1, 0.15) is 6.93 Å². The van der Waals surface area contributed by atoms with Crippen molar-refractivity contribution < 1.29 is 6.17 Å². The van der Waals surface area contributed by atoms with Crippen LogP contribution in [0.5, 0.6) is 0 Å². The zero-order chi connectivity index (χ0) is 8.10. The van der Waals surface area contributed by atoms with Gasteiger partial charge in [0.2, 0.25) is 0 Å². The van der Waals surface area contributed by atoms with E-state index < -0.39 is 0 Å². The van der Waals surface area contributed by atoms with Crippen LogP contribution in [0.25, 0.3) is 6.08 Å². The first-order valence-electron chi connectivity index (χ1n) is 3.51. The summed E-state index contributed by atoms with van der Waals surface area (Å²) >= 11 is 0. The third-order valence-electron chi connectivity index (χ3n) is 1.12. The van der Waals surface area contributed by atoms with Crippen LogP contribution in [0.3, 0.4) is 0 Å². The molecule has 0 atom stereocenters. The zero-order valence-electron chi connectivity index (χ0n) is 6.45.